The van der Waals surface area contributed by atoms with Crippen molar-refractivity contribution < 1.29 is 9.18 Å². The number of likely N-dealkylation sites (tertiary alicyclic amines) is 1. The topological polar surface area (TPSA) is 51.7 Å². The number of hydrogen-bond acceptors (Lipinski definition) is 5. The molecule has 2 fully saturated rings. The Hall–Kier alpha value is -2.04. The zero-order valence-corrected chi connectivity index (χ0v) is 25.5. The number of hydrogen-bond donors (Lipinski definition) is 1. The number of nitrogens with one attached hydrogen (secondary N) is 1. The highest BCUT2D eigenvalue weighted by atomic mass is 79.9. The van der Waals surface area contributed by atoms with Crippen molar-refractivity contribution >= 4 is 55.2 Å². The summed E-state index contributed by atoms with van der Waals surface area (Å²) in [6.45, 7) is 6.60. The van der Waals surface area contributed by atoms with Crippen LogP contribution < -0.4 is 10.2 Å². The van der Waals surface area contributed by atoms with E-state index in [1.54, 1.807) is 12.3 Å². The summed E-state index contributed by atoms with van der Waals surface area (Å²) in [5.74, 6) is 0.384. The third-order valence-electron chi connectivity index (χ3n) is 7.55. The predicted octanol–water partition coefficient (Wildman–Crippen LogP) is 6.12. The van der Waals surface area contributed by atoms with Crippen molar-refractivity contribution in [3.8, 4) is 0 Å². The van der Waals surface area contributed by atoms with Gasteiger partial charge in [0.15, 0.2) is 0 Å². The Morgan fingerprint density at radius 1 is 0.974 bits per heavy atom. The lowest BCUT2D eigenvalue weighted by atomic mass is 10.0. The highest BCUT2D eigenvalue weighted by Crippen LogP contribution is 2.27. The average molecular weight is 680 g/mol. The number of pyridine rings is 1. The van der Waals surface area contributed by atoms with Crippen LogP contribution in [0.25, 0.3) is 0 Å². The molecular formula is C29H31Br2ClFN5O. The number of nitrogens with zero attached hydrogens (tertiary/aromatic N) is 4. The largest absolute Gasteiger partial charge is 0.353 e. The first kappa shape index (κ1) is 28.5. The summed E-state index contributed by atoms with van der Waals surface area (Å²) < 4.78 is 16.0. The number of rotatable bonds is 7. The van der Waals surface area contributed by atoms with Crippen LogP contribution in [0.2, 0.25) is 5.02 Å². The molecule has 0 spiro atoms. The average Bonchev–Trinajstić information content (AvgIpc) is 2.94. The number of aromatic nitrogens is 1. The lowest BCUT2D eigenvalue weighted by Crippen LogP contribution is -2.53. The number of piperazine rings is 1. The van der Waals surface area contributed by atoms with Crippen LogP contribution in [-0.4, -0.2) is 66.0 Å². The van der Waals surface area contributed by atoms with Gasteiger partial charge in [0.1, 0.15) is 11.6 Å². The van der Waals surface area contributed by atoms with Crippen molar-refractivity contribution in [3.63, 3.8) is 0 Å². The van der Waals surface area contributed by atoms with Gasteiger partial charge < -0.3 is 10.2 Å². The van der Waals surface area contributed by atoms with E-state index in [1.807, 2.05) is 36.4 Å². The second-order valence-corrected chi connectivity index (χ2v) is 12.3. The van der Waals surface area contributed by atoms with E-state index in [0.717, 1.165) is 78.0 Å². The molecule has 3 heterocycles. The molecule has 3 aromatic rings. The summed E-state index contributed by atoms with van der Waals surface area (Å²) in [7, 11) is 0. The van der Waals surface area contributed by atoms with Gasteiger partial charge in [-0.15, -0.1) is 0 Å². The van der Waals surface area contributed by atoms with Crippen LogP contribution in [0.1, 0.15) is 34.3 Å². The lowest BCUT2D eigenvalue weighted by molar-refractivity contribution is 0.0950. The Bertz CT molecular complexity index is 1300. The Balaban J connectivity index is 1.08. The summed E-state index contributed by atoms with van der Waals surface area (Å²) in [5.41, 5.74) is 2.22. The molecule has 39 heavy (non-hydrogen) atoms. The van der Waals surface area contributed by atoms with Gasteiger partial charge in [0.25, 0.3) is 5.91 Å². The molecule has 1 aromatic heterocycles. The molecule has 0 atom stereocenters. The third kappa shape index (κ3) is 7.38. The van der Waals surface area contributed by atoms with Crippen molar-refractivity contribution in [1.29, 1.82) is 0 Å². The van der Waals surface area contributed by atoms with Crippen LogP contribution in [0.3, 0.4) is 0 Å². The number of carbonyl (C=O) groups is 1. The number of anilines is 1. The van der Waals surface area contributed by atoms with Gasteiger partial charge in [-0.3, -0.25) is 14.6 Å². The lowest BCUT2D eigenvalue weighted by Gasteiger charge is -2.43. The van der Waals surface area contributed by atoms with Crippen molar-refractivity contribution in [1.82, 2.24) is 20.1 Å². The monoisotopic (exact) mass is 677 g/mol. The van der Waals surface area contributed by atoms with E-state index in [2.05, 4.69) is 56.9 Å². The first-order valence-electron chi connectivity index (χ1n) is 13.2. The molecule has 0 unspecified atom stereocenters. The van der Waals surface area contributed by atoms with Gasteiger partial charge >= 0.3 is 0 Å². The molecule has 10 heteroatoms. The number of halogens is 4. The van der Waals surface area contributed by atoms with Gasteiger partial charge in [-0.25, -0.2) is 9.37 Å². The van der Waals surface area contributed by atoms with E-state index < -0.39 is 0 Å². The van der Waals surface area contributed by atoms with Gasteiger partial charge in [-0.2, -0.15) is 0 Å². The molecule has 0 saturated carbocycles. The summed E-state index contributed by atoms with van der Waals surface area (Å²) in [6.07, 6.45) is 3.77. The van der Waals surface area contributed by atoms with Crippen LogP contribution in [0.4, 0.5) is 10.2 Å². The standard InChI is InChI=1S/C29H31Br2ClFN5O/c30-23-4-1-20(2-5-23)17-35-29(39)22-15-26(32)28(34-18-22)38-13-11-37(12-14-38)25-7-9-36(10-8-25)19-21-3-6-24(31)16-27(21)33/h1-6,15-16,18,25H,7-14,17,19H2,(H,35,39). The van der Waals surface area contributed by atoms with E-state index >= 15 is 0 Å². The number of carbonyl (C=O) groups excluding carboxylic acids is 1. The molecule has 2 aliphatic rings. The summed E-state index contributed by atoms with van der Waals surface area (Å²) in [5, 5.41) is 3.42. The van der Waals surface area contributed by atoms with Crippen LogP contribution in [0.15, 0.2) is 63.7 Å². The van der Waals surface area contributed by atoms with Crippen LogP contribution in [0, 0.1) is 5.82 Å². The van der Waals surface area contributed by atoms with E-state index in [9.17, 15) is 9.18 Å². The minimum atomic E-state index is -0.196. The summed E-state index contributed by atoms with van der Waals surface area (Å²) in [6, 6.07) is 15.4. The smallest absolute Gasteiger partial charge is 0.253 e. The Labute approximate surface area is 250 Å². The molecule has 206 valence electrons. The zero-order valence-electron chi connectivity index (χ0n) is 21.6. The molecule has 0 bridgehead atoms. The maximum atomic E-state index is 14.2. The van der Waals surface area contributed by atoms with Crippen molar-refractivity contribution in [3.05, 3.63) is 91.2 Å². The Kier molecular flexibility index (Phi) is 9.56. The summed E-state index contributed by atoms with van der Waals surface area (Å²) in [4.78, 5) is 24.3. The Morgan fingerprint density at radius 2 is 1.67 bits per heavy atom. The molecule has 2 aromatic carbocycles. The second kappa shape index (κ2) is 13.1. The molecule has 6 nitrogen and oxygen atoms in total. The normalized spacial score (nSPS) is 17.4. The maximum absolute atomic E-state index is 14.2. The molecule has 2 aliphatic heterocycles. The van der Waals surface area contributed by atoms with Gasteiger partial charge in [0.2, 0.25) is 0 Å². The molecular weight excluding hydrogens is 649 g/mol. The highest BCUT2D eigenvalue weighted by Gasteiger charge is 2.29. The number of piperidine rings is 1. The van der Waals surface area contributed by atoms with Crippen LogP contribution in [-0.2, 0) is 13.1 Å². The third-order valence-corrected chi connectivity index (χ3v) is 8.85. The quantitative estimate of drug-likeness (QED) is 0.327. The minimum absolute atomic E-state index is 0.149. The SMILES string of the molecule is O=C(NCc1ccc(Br)cc1)c1cnc(N2CCN(C3CCN(Cc4ccc(Br)cc4F)CC3)CC2)c(Cl)c1. The van der Waals surface area contributed by atoms with Gasteiger partial charge in [-0.1, -0.05) is 61.7 Å². The molecule has 0 radical (unpaired) electrons. The fourth-order valence-corrected chi connectivity index (χ4v) is 6.19. The van der Waals surface area contributed by atoms with Gasteiger partial charge in [-0.05, 0) is 61.8 Å². The first-order valence-corrected chi connectivity index (χ1v) is 15.2. The van der Waals surface area contributed by atoms with Gasteiger partial charge in [0, 0.05) is 66.0 Å². The maximum Gasteiger partial charge on any atom is 0.253 e. The molecule has 1 amide bonds. The van der Waals surface area contributed by atoms with Crippen molar-refractivity contribution in [2.24, 2.45) is 0 Å². The number of benzene rings is 2. The highest BCUT2D eigenvalue weighted by molar-refractivity contribution is 9.10. The fourth-order valence-electron chi connectivity index (χ4n) is 5.31. The van der Waals surface area contributed by atoms with E-state index in [0.29, 0.717) is 29.7 Å². The first-order chi connectivity index (χ1) is 18.9. The van der Waals surface area contributed by atoms with Crippen LogP contribution >= 0.6 is 43.5 Å². The molecule has 2 saturated heterocycles. The predicted molar refractivity (Wildman–Crippen MR) is 161 cm³/mol. The van der Waals surface area contributed by atoms with Gasteiger partial charge in [0.05, 0.1) is 10.6 Å². The van der Waals surface area contributed by atoms with Crippen LogP contribution in [0.5, 0.6) is 0 Å². The van der Waals surface area contributed by atoms with E-state index in [-0.39, 0.29) is 11.7 Å². The second-order valence-electron chi connectivity index (χ2n) is 10.1. The minimum Gasteiger partial charge on any atom is -0.353 e. The molecule has 1 N–H and O–H groups in total. The number of amides is 1. The summed E-state index contributed by atoms with van der Waals surface area (Å²) >= 11 is 13.3. The van der Waals surface area contributed by atoms with E-state index in [1.165, 1.54) is 6.07 Å². The molecule has 0 aliphatic carbocycles. The van der Waals surface area contributed by atoms with E-state index in [4.69, 9.17) is 11.6 Å². The van der Waals surface area contributed by atoms with Crippen molar-refractivity contribution in [2.75, 3.05) is 44.2 Å². The fraction of sp³-hybridized carbons (Fsp3) is 0.379. The Morgan fingerprint density at radius 3 is 2.33 bits per heavy atom. The van der Waals surface area contributed by atoms with Crippen molar-refractivity contribution in [2.45, 2.75) is 32.0 Å². The molecule has 5 rings (SSSR count). The zero-order chi connectivity index (χ0) is 27.4.